The average molecular weight is 258 g/mol. The molecular weight excluding hydrogens is 246 g/mol. The SMILES string of the molecule is O=C1Nc2ccc(Cl)cc2[C@@H]1Cc1ccccc1. The summed E-state index contributed by atoms with van der Waals surface area (Å²) in [6, 6.07) is 15.6. The third-order valence-electron chi connectivity index (χ3n) is 3.25. The van der Waals surface area contributed by atoms with Crippen LogP contribution in [0.5, 0.6) is 0 Å². The zero-order chi connectivity index (χ0) is 12.5. The Hall–Kier alpha value is -1.80. The van der Waals surface area contributed by atoms with Crippen molar-refractivity contribution in [2.45, 2.75) is 12.3 Å². The van der Waals surface area contributed by atoms with E-state index in [2.05, 4.69) is 5.32 Å². The maximum absolute atomic E-state index is 12.0. The van der Waals surface area contributed by atoms with E-state index in [-0.39, 0.29) is 11.8 Å². The molecule has 0 spiro atoms. The summed E-state index contributed by atoms with van der Waals surface area (Å²) in [5.74, 6) is -0.0859. The van der Waals surface area contributed by atoms with Crippen LogP contribution in [0.1, 0.15) is 17.0 Å². The summed E-state index contributed by atoms with van der Waals surface area (Å²) < 4.78 is 0. The lowest BCUT2D eigenvalue weighted by atomic mass is 9.93. The quantitative estimate of drug-likeness (QED) is 0.875. The van der Waals surface area contributed by atoms with Crippen LogP contribution in [0.3, 0.4) is 0 Å². The molecule has 1 aliphatic heterocycles. The number of nitrogens with one attached hydrogen (secondary N) is 1. The molecule has 0 aromatic heterocycles. The van der Waals surface area contributed by atoms with Crippen LogP contribution in [0, 0.1) is 0 Å². The second-order valence-electron chi connectivity index (χ2n) is 4.46. The molecule has 90 valence electrons. The van der Waals surface area contributed by atoms with Crippen LogP contribution in [0.2, 0.25) is 5.02 Å². The zero-order valence-corrected chi connectivity index (χ0v) is 10.4. The van der Waals surface area contributed by atoms with Crippen molar-refractivity contribution in [1.82, 2.24) is 0 Å². The van der Waals surface area contributed by atoms with E-state index in [4.69, 9.17) is 11.6 Å². The molecule has 0 saturated heterocycles. The minimum atomic E-state index is -0.138. The number of fused-ring (bicyclic) bond motifs is 1. The van der Waals surface area contributed by atoms with Crippen LogP contribution in [-0.2, 0) is 11.2 Å². The Bertz CT molecular complexity index is 595. The van der Waals surface area contributed by atoms with Crippen molar-refractivity contribution in [3.8, 4) is 0 Å². The fourth-order valence-electron chi connectivity index (χ4n) is 2.35. The molecule has 0 radical (unpaired) electrons. The fraction of sp³-hybridized carbons (Fsp3) is 0.133. The molecule has 0 unspecified atom stereocenters. The summed E-state index contributed by atoms with van der Waals surface area (Å²) in [4.78, 5) is 12.0. The van der Waals surface area contributed by atoms with Crippen molar-refractivity contribution in [3.63, 3.8) is 0 Å². The molecule has 2 aromatic rings. The predicted molar refractivity (Wildman–Crippen MR) is 73.0 cm³/mol. The number of carbonyl (C=O) groups is 1. The summed E-state index contributed by atoms with van der Waals surface area (Å²) in [5.41, 5.74) is 3.03. The predicted octanol–water partition coefficient (Wildman–Crippen LogP) is 3.62. The summed E-state index contributed by atoms with van der Waals surface area (Å²) in [6.45, 7) is 0. The van der Waals surface area contributed by atoms with Gasteiger partial charge in [-0.05, 0) is 35.7 Å². The van der Waals surface area contributed by atoms with Gasteiger partial charge in [0.1, 0.15) is 0 Å². The zero-order valence-electron chi connectivity index (χ0n) is 9.69. The van der Waals surface area contributed by atoms with Crippen LogP contribution >= 0.6 is 11.6 Å². The highest BCUT2D eigenvalue weighted by molar-refractivity contribution is 6.31. The van der Waals surface area contributed by atoms with Gasteiger partial charge in [-0.2, -0.15) is 0 Å². The molecule has 1 N–H and O–H groups in total. The largest absolute Gasteiger partial charge is 0.325 e. The monoisotopic (exact) mass is 257 g/mol. The van der Waals surface area contributed by atoms with E-state index in [0.717, 1.165) is 16.8 Å². The summed E-state index contributed by atoms with van der Waals surface area (Å²) in [7, 11) is 0. The highest BCUT2D eigenvalue weighted by Crippen LogP contribution is 2.36. The Kier molecular flexibility index (Phi) is 2.80. The van der Waals surface area contributed by atoms with E-state index in [0.29, 0.717) is 11.4 Å². The molecule has 0 aliphatic carbocycles. The molecule has 1 atom stereocenters. The molecule has 3 heteroatoms. The van der Waals surface area contributed by atoms with Crippen LogP contribution in [0.4, 0.5) is 5.69 Å². The minimum Gasteiger partial charge on any atom is -0.325 e. The van der Waals surface area contributed by atoms with E-state index in [1.165, 1.54) is 0 Å². The number of anilines is 1. The Morgan fingerprint density at radius 3 is 2.67 bits per heavy atom. The van der Waals surface area contributed by atoms with Gasteiger partial charge in [-0.25, -0.2) is 0 Å². The molecule has 2 aromatic carbocycles. The first-order chi connectivity index (χ1) is 8.74. The lowest BCUT2D eigenvalue weighted by Crippen LogP contribution is -2.14. The Labute approximate surface area is 111 Å². The lowest BCUT2D eigenvalue weighted by molar-refractivity contribution is -0.117. The lowest BCUT2D eigenvalue weighted by Gasteiger charge is -2.08. The summed E-state index contributed by atoms with van der Waals surface area (Å²) >= 11 is 6.00. The van der Waals surface area contributed by atoms with Gasteiger partial charge < -0.3 is 5.32 Å². The number of rotatable bonds is 2. The van der Waals surface area contributed by atoms with Gasteiger partial charge in [0.25, 0.3) is 0 Å². The molecule has 0 fully saturated rings. The van der Waals surface area contributed by atoms with Crippen molar-refractivity contribution in [3.05, 3.63) is 64.7 Å². The van der Waals surface area contributed by atoms with Gasteiger partial charge in [-0.3, -0.25) is 4.79 Å². The van der Waals surface area contributed by atoms with Crippen LogP contribution < -0.4 is 5.32 Å². The molecule has 0 saturated carbocycles. The first kappa shape index (κ1) is 11.3. The Morgan fingerprint density at radius 2 is 1.89 bits per heavy atom. The Balaban J connectivity index is 1.94. The van der Waals surface area contributed by atoms with E-state index < -0.39 is 0 Å². The maximum atomic E-state index is 12.0. The second-order valence-corrected chi connectivity index (χ2v) is 4.90. The van der Waals surface area contributed by atoms with Crippen molar-refractivity contribution in [2.75, 3.05) is 5.32 Å². The van der Waals surface area contributed by atoms with Crippen molar-refractivity contribution in [2.24, 2.45) is 0 Å². The van der Waals surface area contributed by atoms with E-state index in [1.54, 1.807) is 6.07 Å². The van der Waals surface area contributed by atoms with Gasteiger partial charge in [0.05, 0.1) is 5.92 Å². The van der Waals surface area contributed by atoms with Crippen molar-refractivity contribution >= 4 is 23.2 Å². The minimum absolute atomic E-state index is 0.0520. The number of hydrogen-bond donors (Lipinski definition) is 1. The molecule has 1 heterocycles. The van der Waals surface area contributed by atoms with Gasteiger partial charge in [-0.1, -0.05) is 41.9 Å². The summed E-state index contributed by atoms with van der Waals surface area (Å²) in [6.07, 6.45) is 0.708. The van der Waals surface area contributed by atoms with Gasteiger partial charge in [0.2, 0.25) is 5.91 Å². The van der Waals surface area contributed by atoms with Crippen LogP contribution in [0.25, 0.3) is 0 Å². The number of halogens is 1. The fourth-order valence-corrected chi connectivity index (χ4v) is 2.53. The molecule has 2 nitrogen and oxygen atoms in total. The molecular formula is C15H12ClNO. The normalized spacial score (nSPS) is 17.4. The number of hydrogen-bond acceptors (Lipinski definition) is 1. The average Bonchev–Trinajstić information content (AvgIpc) is 2.67. The first-order valence-corrected chi connectivity index (χ1v) is 6.26. The third kappa shape index (κ3) is 2.00. The molecule has 18 heavy (non-hydrogen) atoms. The topological polar surface area (TPSA) is 29.1 Å². The highest BCUT2D eigenvalue weighted by Gasteiger charge is 2.30. The van der Waals surface area contributed by atoms with Crippen molar-refractivity contribution in [1.29, 1.82) is 0 Å². The maximum Gasteiger partial charge on any atom is 0.232 e. The second kappa shape index (κ2) is 4.46. The number of amides is 1. The molecule has 1 aliphatic rings. The molecule has 3 rings (SSSR count). The standard InChI is InChI=1S/C15H12ClNO/c16-11-6-7-14-12(9-11)13(15(18)17-14)8-10-4-2-1-3-5-10/h1-7,9,13H,8H2,(H,17,18)/t13-/m0/s1. The van der Waals surface area contributed by atoms with E-state index >= 15 is 0 Å². The molecule has 1 amide bonds. The smallest absolute Gasteiger partial charge is 0.232 e. The Morgan fingerprint density at radius 1 is 1.11 bits per heavy atom. The summed E-state index contributed by atoms with van der Waals surface area (Å²) in [5, 5.41) is 3.57. The van der Waals surface area contributed by atoms with Crippen LogP contribution in [0.15, 0.2) is 48.5 Å². The van der Waals surface area contributed by atoms with Gasteiger partial charge in [-0.15, -0.1) is 0 Å². The number of benzene rings is 2. The van der Waals surface area contributed by atoms with Crippen LogP contribution in [-0.4, -0.2) is 5.91 Å². The molecule has 0 bridgehead atoms. The van der Waals surface area contributed by atoms with Crippen molar-refractivity contribution < 1.29 is 4.79 Å². The number of carbonyl (C=O) groups excluding carboxylic acids is 1. The highest BCUT2D eigenvalue weighted by atomic mass is 35.5. The van der Waals surface area contributed by atoms with Gasteiger partial charge in [0.15, 0.2) is 0 Å². The van der Waals surface area contributed by atoms with Gasteiger partial charge >= 0.3 is 0 Å². The van der Waals surface area contributed by atoms with E-state index in [9.17, 15) is 4.79 Å². The third-order valence-corrected chi connectivity index (χ3v) is 3.48. The first-order valence-electron chi connectivity index (χ1n) is 5.88. The van der Waals surface area contributed by atoms with Gasteiger partial charge in [0, 0.05) is 10.7 Å². The van der Waals surface area contributed by atoms with E-state index in [1.807, 2.05) is 42.5 Å².